The van der Waals surface area contributed by atoms with E-state index in [9.17, 15) is 9.59 Å². The standard InChI is InChI=1S/C19H23N5O2/c1-21-18(25)16-11-15(22-12-23-16)13-7-9-24(10-8-13)19(26)17(20)14-5-3-2-4-6-14/h2-6,11-13,17H,7-10,20H2,1H3,(H,21,25). The second-order valence-electron chi connectivity index (χ2n) is 6.40. The molecule has 3 N–H and O–H groups in total. The largest absolute Gasteiger partial charge is 0.354 e. The average Bonchev–Trinajstić information content (AvgIpc) is 2.73. The van der Waals surface area contributed by atoms with Gasteiger partial charge in [-0.25, -0.2) is 9.97 Å². The van der Waals surface area contributed by atoms with E-state index < -0.39 is 6.04 Å². The number of amides is 2. The first-order valence-electron chi connectivity index (χ1n) is 8.73. The van der Waals surface area contributed by atoms with Gasteiger partial charge < -0.3 is 16.0 Å². The smallest absolute Gasteiger partial charge is 0.269 e. The van der Waals surface area contributed by atoms with Gasteiger partial charge in [0.05, 0.1) is 0 Å². The molecule has 2 amide bonds. The number of carbonyl (C=O) groups is 2. The van der Waals surface area contributed by atoms with Crippen molar-refractivity contribution in [2.24, 2.45) is 5.73 Å². The summed E-state index contributed by atoms with van der Waals surface area (Å²) >= 11 is 0. The van der Waals surface area contributed by atoms with Crippen molar-refractivity contribution in [3.8, 4) is 0 Å². The Morgan fingerprint density at radius 3 is 2.54 bits per heavy atom. The Morgan fingerprint density at radius 1 is 1.19 bits per heavy atom. The lowest BCUT2D eigenvalue weighted by Gasteiger charge is -2.33. The molecule has 0 bridgehead atoms. The number of aromatic nitrogens is 2. The van der Waals surface area contributed by atoms with Crippen LogP contribution in [0.15, 0.2) is 42.7 Å². The minimum absolute atomic E-state index is 0.0524. The van der Waals surface area contributed by atoms with E-state index in [1.165, 1.54) is 6.33 Å². The van der Waals surface area contributed by atoms with E-state index in [0.717, 1.165) is 24.1 Å². The summed E-state index contributed by atoms with van der Waals surface area (Å²) in [4.78, 5) is 34.5. The lowest BCUT2D eigenvalue weighted by Crippen LogP contribution is -2.43. The van der Waals surface area contributed by atoms with Gasteiger partial charge in [0.2, 0.25) is 5.91 Å². The van der Waals surface area contributed by atoms with Crippen molar-refractivity contribution in [2.75, 3.05) is 20.1 Å². The monoisotopic (exact) mass is 353 g/mol. The maximum absolute atomic E-state index is 12.6. The van der Waals surface area contributed by atoms with Gasteiger partial charge in [-0.15, -0.1) is 0 Å². The van der Waals surface area contributed by atoms with Crippen LogP contribution in [0.5, 0.6) is 0 Å². The van der Waals surface area contributed by atoms with Gasteiger partial charge in [-0.3, -0.25) is 9.59 Å². The SMILES string of the molecule is CNC(=O)c1cc(C2CCN(C(=O)C(N)c3ccccc3)CC2)ncn1. The van der Waals surface area contributed by atoms with Crippen LogP contribution in [0.1, 0.15) is 46.5 Å². The van der Waals surface area contributed by atoms with Crippen molar-refractivity contribution < 1.29 is 9.59 Å². The Balaban J connectivity index is 1.62. The van der Waals surface area contributed by atoms with Crippen LogP contribution < -0.4 is 11.1 Å². The van der Waals surface area contributed by atoms with Crippen LogP contribution in [0.3, 0.4) is 0 Å². The third-order valence-corrected chi connectivity index (χ3v) is 4.80. The van der Waals surface area contributed by atoms with E-state index in [1.807, 2.05) is 35.2 Å². The zero-order valence-corrected chi connectivity index (χ0v) is 14.8. The molecule has 7 nitrogen and oxygen atoms in total. The van der Waals surface area contributed by atoms with Crippen LogP contribution in [-0.4, -0.2) is 46.8 Å². The number of nitrogens with two attached hydrogens (primary N) is 1. The third-order valence-electron chi connectivity index (χ3n) is 4.80. The second kappa shape index (κ2) is 8.05. The maximum atomic E-state index is 12.6. The normalized spacial score (nSPS) is 16.2. The molecule has 1 aliphatic heterocycles. The van der Waals surface area contributed by atoms with E-state index in [-0.39, 0.29) is 17.7 Å². The van der Waals surface area contributed by atoms with Crippen molar-refractivity contribution in [3.63, 3.8) is 0 Å². The van der Waals surface area contributed by atoms with E-state index in [1.54, 1.807) is 13.1 Å². The first-order valence-corrected chi connectivity index (χ1v) is 8.73. The quantitative estimate of drug-likeness (QED) is 0.861. The maximum Gasteiger partial charge on any atom is 0.269 e. The minimum Gasteiger partial charge on any atom is -0.354 e. The van der Waals surface area contributed by atoms with Crippen LogP contribution in [0.4, 0.5) is 0 Å². The summed E-state index contributed by atoms with van der Waals surface area (Å²) in [7, 11) is 1.57. The molecule has 3 rings (SSSR count). The molecule has 2 heterocycles. The lowest BCUT2D eigenvalue weighted by molar-refractivity contribution is -0.133. The van der Waals surface area contributed by atoms with Gasteiger partial charge in [0, 0.05) is 31.7 Å². The summed E-state index contributed by atoms with van der Waals surface area (Å²) in [5.74, 6) is -0.0723. The molecule has 1 aromatic heterocycles. The molecule has 1 saturated heterocycles. The highest BCUT2D eigenvalue weighted by atomic mass is 16.2. The fraction of sp³-hybridized carbons (Fsp3) is 0.368. The van der Waals surface area contributed by atoms with Crippen molar-refractivity contribution in [2.45, 2.75) is 24.8 Å². The van der Waals surface area contributed by atoms with Gasteiger partial charge in [-0.1, -0.05) is 30.3 Å². The van der Waals surface area contributed by atoms with Crippen molar-refractivity contribution >= 4 is 11.8 Å². The van der Waals surface area contributed by atoms with Crippen LogP contribution in [0, 0.1) is 0 Å². The topological polar surface area (TPSA) is 101 Å². The Morgan fingerprint density at radius 2 is 1.88 bits per heavy atom. The number of likely N-dealkylation sites (tertiary alicyclic amines) is 1. The van der Waals surface area contributed by atoms with Crippen molar-refractivity contribution in [1.82, 2.24) is 20.2 Å². The Bertz CT molecular complexity index is 773. The Kier molecular flexibility index (Phi) is 5.58. The molecule has 0 radical (unpaired) electrons. The van der Waals surface area contributed by atoms with Gasteiger partial charge in [0.1, 0.15) is 18.1 Å². The van der Waals surface area contributed by atoms with Gasteiger partial charge in [-0.2, -0.15) is 0 Å². The van der Waals surface area contributed by atoms with E-state index in [2.05, 4.69) is 15.3 Å². The molecule has 1 aromatic carbocycles. The molecule has 0 spiro atoms. The van der Waals surface area contributed by atoms with Crippen LogP contribution in [-0.2, 0) is 4.79 Å². The number of nitrogens with zero attached hydrogens (tertiary/aromatic N) is 3. The summed E-state index contributed by atoms with van der Waals surface area (Å²) < 4.78 is 0. The molecule has 2 aromatic rings. The van der Waals surface area contributed by atoms with E-state index >= 15 is 0 Å². The van der Waals surface area contributed by atoms with Gasteiger partial charge >= 0.3 is 0 Å². The number of benzene rings is 1. The molecule has 1 atom stereocenters. The summed E-state index contributed by atoms with van der Waals surface area (Å²) in [6.45, 7) is 1.26. The number of piperidine rings is 1. The highest BCUT2D eigenvalue weighted by Gasteiger charge is 2.28. The predicted molar refractivity (Wildman–Crippen MR) is 97.3 cm³/mol. The molecule has 1 unspecified atom stereocenters. The molecule has 1 aliphatic rings. The fourth-order valence-corrected chi connectivity index (χ4v) is 3.24. The van der Waals surface area contributed by atoms with Crippen molar-refractivity contribution in [1.29, 1.82) is 0 Å². The predicted octanol–water partition coefficient (Wildman–Crippen LogP) is 1.24. The number of rotatable bonds is 4. The molecule has 0 aliphatic carbocycles. The molecular formula is C19H23N5O2. The van der Waals surface area contributed by atoms with E-state index in [0.29, 0.717) is 18.8 Å². The number of nitrogens with one attached hydrogen (secondary N) is 1. The number of hydrogen-bond acceptors (Lipinski definition) is 5. The first kappa shape index (κ1) is 18.0. The second-order valence-corrected chi connectivity index (χ2v) is 6.40. The summed E-state index contributed by atoms with van der Waals surface area (Å²) in [6, 6.07) is 10.5. The molecule has 136 valence electrons. The highest BCUT2D eigenvalue weighted by molar-refractivity contribution is 5.92. The summed E-state index contributed by atoms with van der Waals surface area (Å²) in [5.41, 5.74) is 8.16. The zero-order chi connectivity index (χ0) is 18.5. The zero-order valence-electron chi connectivity index (χ0n) is 14.8. The highest BCUT2D eigenvalue weighted by Crippen LogP contribution is 2.28. The fourth-order valence-electron chi connectivity index (χ4n) is 3.24. The first-order chi connectivity index (χ1) is 12.6. The molecule has 0 saturated carbocycles. The lowest BCUT2D eigenvalue weighted by atomic mass is 9.92. The summed E-state index contributed by atoms with van der Waals surface area (Å²) in [6.07, 6.45) is 3.00. The molecule has 7 heteroatoms. The summed E-state index contributed by atoms with van der Waals surface area (Å²) in [5, 5.41) is 2.57. The average molecular weight is 353 g/mol. The Hall–Kier alpha value is -2.80. The number of carbonyl (C=O) groups excluding carboxylic acids is 2. The molecule has 26 heavy (non-hydrogen) atoms. The molecule has 1 fully saturated rings. The third kappa shape index (κ3) is 3.88. The number of hydrogen-bond donors (Lipinski definition) is 2. The Labute approximate surface area is 152 Å². The molecular weight excluding hydrogens is 330 g/mol. The van der Waals surface area contributed by atoms with Crippen molar-refractivity contribution in [3.05, 3.63) is 59.7 Å². The van der Waals surface area contributed by atoms with Gasteiger partial charge in [0.15, 0.2) is 0 Å². The van der Waals surface area contributed by atoms with Crippen LogP contribution in [0.2, 0.25) is 0 Å². The minimum atomic E-state index is -0.633. The van der Waals surface area contributed by atoms with Gasteiger partial charge in [-0.05, 0) is 24.5 Å². The van der Waals surface area contributed by atoms with Crippen LogP contribution >= 0.6 is 0 Å². The van der Waals surface area contributed by atoms with Crippen LogP contribution in [0.25, 0.3) is 0 Å². The van der Waals surface area contributed by atoms with Gasteiger partial charge in [0.25, 0.3) is 5.91 Å². The van der Waals surface area contributed by atoms with E-state index in [4.69, 9.17) is 5.73 Å².